The van der Waals surface area contributed by atoms with Gasteiger partial charge in [-0.25, -0.2) is 0 Å². The minimum absolute atomic E-state index is 0. The summed E-state index contributed by atoms with van der Waals surface area (Å²) in [4.78, 5) is 9.26. The molecule has 9 aromatic rings. The van der Waals surface area contributed by atoms with E-state index in [4.69, 9.17) is 9.40 Å². The first-order valence-electron chi connectivity index (χ1n) is 19.1. The van der Waals surface area contributed by atoms with E-state index < -0.39 is 8.07 Å². The van der Waals surface area contributed by atoms with E-state index in [0.717, 1.165) is 44.5 Å². The second-order valence-electron chi connectivity index (χ2n) is 15.5. The summed E-state index contributed by atoms with van der Waals surface area (Å²) < 4.78 is 8.66. The molecule has 0 bridgehead atoms. The molecule has 6 heteroatoms. The fraction of sp³-hybridized carbons (Fsp3) is 0.184. The van der Waals surface area contributed by atoms with Gasteiger partial charge in [-0.05, 0) is 80.8 Å². The van der Waals surface area contributed by atoms with E-state index in [-0.39, 0.29) is 20.1 Å². The Morgan fingerprint density at radius 1 is 0.673 bits per heavy atom. The van der Waals surface area contributed by atoms with Crippen molar-refractivity contribution in [2.24, 2.45) is 0 Å². The predicted molar refractivity (Wildman–Crippen MR) is 231 cm³/mol. The molecule has 0 amide bonds. The third-order valence-electron chi connectivity index (χ3n) is 10.9. The number of pyridine rings is 2. The van der Waals surface area contributed by atoms with Gasteiger partial charge in [0.2, 0.25) is 0 Å². The molecule has 10 rings (SSSR count). The van der Waals surface area contributed by atoms with E-state index in [0.29, 0.717) is 5.92 Å². The Labute approximate surface area is 341 Å². The van der Waals surface area contributed by atoms with Crippen molar-refractivity contribution in [3.63, 3.8) is 0 Å². The molecule has 1 aliphatic carbocycles. The van der Waals surface area contributed by atoms with Gasteiger partial charge in [0.05, 0.1) is 8.07 Å². The van der Waals surface area contributed by atoms with Gasteiger partial charge in [0.1, 0.15) is 11.2 Å². The van der Waals surface area contributed by atoms with Gasteiger partial charge in [0, 0.05) is 48.0 Å². The molecule has 1 aliphatic rings. The first kappa shape index (κ1) is 37.2. The summed E-state index contributed by atoms with van der Waals surface area (Å²) in [5, 5.41) is 6.25. The van der Waals surface area contributed by atoms with Crippen molar-refractivity contribution in [3.8, 4) is 33.6 Å². The van der Waals surface area contributed by atoms with Gasteiger partial charge >= 0.3 is 0 Å². The van der Waals surface area contributed by atoms with Crippen LogP contribution in [0.15, 0.2) is 138 Å². The first-order chi connectivity index (χ1) is 26.4. The van der Waals surface area contributed by atoms with Gasteiger partial charge in [-0.2, -0.15) is 11.3 Å². The van der Waals surface area contributed by atoms with Gasteiger partial charge in [0.25, 0.3) is 0 Å². The molecule has 0 saturated heterocycles. The number of hydrogen-bond acceptors (Lipinski definition) is 4. The molecule has 4 aromatic heterocycles. The topological polar surface area (TPSA) is 38.9 Å². The van der Waals surface area contributed by atoms with Gasteiger partial charge in [-0.3, -0.25) is 0 Å². The molecule has 0 N–H and O–H groups in total. The van der Waals surface area contributed by atoms with E-state index in [1.165, 1.54) is 74.2 Å². The summed E-state index contributed by atoms with van der Waals surface area (Å²) in [6.45, 7) is 7.00. The molecule has 5 aromatic carbocycles. The number of hydrogen-bond donors (Lipinski definition) is 0. The van der Waals surface area contributed by atoms with Crippen molar-refractivity contribution in [1.82, 2.24) is 9.97 Å². The van der Waals surface area contributed by atoms with Crippen molar-refractivity contribution >= 4 is 66.7 Å². The summed E-state index contributed by atoms with van der Waals surface area (Å²) in [6, 6.07) is 49.6. The fourth-order valence-electron chi connectivity index (χ4n) is 7.83. The van der Waals surface area contributed by atoms with Crippen LogP contribution in [0.4, 0.5) is 0 Å². The maximum absolute atomic E-state index is 6.19. The minimum atomic E-state index is -1.23. The number of furan rings is 1. The Bertz CT molecular complexity index is 2740. The van der Waals surface area contributed by atoms with Crippen LogP contribution in [-0.2, 0) is 20.1 Å². The number of nitrogens with zero attached hydrogens (tertiary/aromatic N) is 2. The normalized spacial score (nSPS) is 13.5. The molecule has 0 unspecified atom stereocenters. The third kappa shape index (κ3) is 7.62. The number of rotatable bonds is 5. The molecule has 4 heterocycles. The van der Waals surface area contributed by atoms with E-state index in [1.807, 2.05) is 60.1 Å². The van der Waals surface area contributed by atoms with Crippen LogP contribution in [0.2, 0.25) is 19.6 Å². The Balaban J connectivity index is 0.000000212. The summed E-state index contributed by atoms with van der Waals surface area (Å²) in [5.41, 5.74) is 9.88. The maximum Gasteiger partial charge on any atom is 0.136 e. The number of aromatic nitrogens is 2. The summed E-state index contributed by atoms with van der Waals surface area (Å²) in [7, 11) is -1.23. The Kier molecular flexibility index (Phi) is 10.7. The Morgan fingerprint density at radius 3 is 2.27 bits per heavy atom. The zero-order valence-corrected chi connectivity index (χ0v) is 35.6. The number of benzene rings is 5. The fourth-order valence-corrected chi connectivity index (χ4v) is 10.1. The van der Waals surface area contributed by atoms with Crippen LogP contribution in [-0.4, -0.2) is 18.0 Å². The number of para-hydroxylation sites is 1. The third-order valence-corrected chi connectivity index (χ3v) is 14.1. The standard InChI is InChI=1S/C35H26NOS.C14H16NSi.Ir/c1-2-7-22(8-3-1)23-17-18-36-31(19-23)25-14-16-29-30-11-6-10-26(35(30)38-34(29)21-25)24-13-15-28-27-9-4-5-12-32(27)37-33(28)20-24;1-16(2,3)13-9-10-14(15-11-13)12-7-5-4-6-8-12;/h4-6,9-20,22H,1-3,7-8H2;4-7,9-11H,1-3H3;/q2*-1;. The molecular weight excluding hydrogens is 885 g/mol. The van der Waals surface area contributed by atoms with Crippen molar-refractivity contribution in [3.05, 3.63) is 151 Å². The largest absolute Gasteiger partial charge is 0.456 e. The van der Waals surface area contributed by atoms with Crippen LogP contribution in [0, 0.1) is 12.1 Å². The van der Waals surface area contributed by atoms with Crippen LogP contribution < -0.4 is 5.19 Å². The molecule has 0 spiro atoms. The van der Waals surface area contributed by atoms with Crippen LogP contribution in [0.3, 0.4) is 0 Å². The summed E-state index contributed by atoms with van der Waals surface area (Å²) >= 11 is 1.82. The quantitative estimate of drug-likeness (QED) is 0.128. The van der Waals surface area contributed by atoms with Gasteiger partial charge in [0.15, 0.2) is 0 Å². The van der Waals surface area contributed by atoms with Crippen molar-refractivity contribution in [2.75, 3.05) is 0 Å². The van der Waals surface area contributed by atoms with Gasteiger partial charge < -0.3 is 14.4 Å². The Morgan fingerprint density at radius 2 is 1.47 bits per heavy atom. The smallest absolute Gasteiger partial charge is 0.136 e. The van der Waals surface area contributed by atoms with E-state index >= 15 is 0 Å². The van der Waals surface area contributed by atoms with Gasteiger partial charge in [-0.1, -0.05) is 111 Å². The predicted octanol–water partition coefficient (Wildman–Crippen LogP) is 13.6. The van der Waals surface area contributed by atoms with Crippen LogP contribution in [0.1, 0.15) is 43.6 Å². The van der Waals surface area contributed by atoms with Gasteiger partial charge in [-0.15, -0.1) is 59.7 Å². The zero-order valence-electron chi connectivity index (χ0n) is 31.4. The van der Waals surface area contributed by atoms with Crippen molar-refractivity contribution in [2.45, 2.75) is 57.7 Å². The molecule has 275 valence electrons. The Hall–Kier alpha value is -4.71. The minimum Gasteiger partial charge on any atom is -0.456 e. The van der Waals surface area contributed by atoms with Crippen molar-refractivity contribution in [1.29, 1.82) is 0 Å². The zero-order chi connectivity index (χ0) is 36.6. The first-order valence-corrected chi connectivity index (χ1v) is 23.4. The molecule has 55 heavy (non-hydrogen) atoms. The second kappa shape index (κ2) is 15.8. The van der Waals surface area contributed by atoms with E-state index in [2.05, 4.69) is 122 Å². The van der Waals surface area contributed by atoms with Crippen LogP contribution in [0.25, 0.3) is 75.8 Å². The molecule has 0 aliphatic heterocycles. The average Bonchev–Trinajstić information content (AvgIpc) is 3.79. The summed E-state index contributed by atoms with van der Waals surface area (Å²) in [5.74, 6) is 0.671. The molecule has 1 saturated carbocycles. The molecular formula is C49H42IrN2OSSi-2. The van der Waals surface area contributed by atoms with Crippen LogP contribution in [0.5, 0.6) is 0 Å². The monoisotopic (exact) mass is 927 g/mol. The number of fused-ring (bicyclic) bond motifs is 6. The maximum atomic E-state index is 6.19. The van der Waals surface area contributed by atoms with Crippen LogP contribution >= 0.6 is 11.3 Å². The molecule has 0 atom stereocenters. The number of thiophene rings is 1. The summed E-state index contributed by atoms with van der Waals surface area (Å²) in [6.07, 6.45) is 10.6. The van der Waals surface area contributed by atoms with E-state index in [9.17, 15) is 0 Å². The SMILES string of the molecule is C[Si](C)(C)c1ccc(-c2[c-]cccc2)nc1.[Ir].[c-]1c(-c2cc(C3CCCCC3)ccn2)ccc2c1sc1c(-c3ccc4c(c3)oc3ccccc34)cccc12. The molecule has 1 radical (unpaired) electrons. The second-order valence-corrected chi connectivity index (χ2v) is 21.6. The van der Waals surface area contributed by atoms with E-state index in [1.54, 1.807) is 0 Å². The molecule has 1 fully saturated rings. The van der Waals surface area contributed by atoms with Crippen molar-refractivity contribution < 1.29 is 24.5 Å². The average molecular weight is 927 g/mol. The molecule has 3 nitrogen and oxygen atoms in total.